The Balaban J connectivity index is 1.74. The lowest BCUT2D eigenvalue weighted by Gasteiger charge is -2.14. The first-order chi connectivity index (χ1) is 16.3. The molecule has 8 nitrogen and oxygen atoms in total. The lowest BCUT2D eigenvalue weighted by Crippen LogP contribution is -2.08. The highest BCUT2D eigenvalue weighted by atomic mass is 79.9. The molecular weight excluding hydrogens is 525 g/mol. The van der Waals surface area contributed by atoms with Crippen molar-refractivity contribution < 1.29 is 9.18 Å². The van der Waals surface area contributed by atoms with E-state index in [1.54, 1.807) is 24.1 Å². The van der Waals surface area contributed by atoms with Crippen molar-refractivity contribution in [2.75, 3.05) is 16.0 Å². The van der Waals surface area contributed by atoms with Gasteiger partial charge < -0.3 is 16.0 Å². The molecule has 0 aliphatic carbocycles. The number of amides is 1. The van der Waals surface area contributed by atoms with Crippen molar-refractivity contribution >= 4 is 62.3 Å². The number of anilines is 5. The first-order valence-electron chi connectivity index (χ1n) is 9.91. The second kappa shape index (κ2) is 10.0. The lowest BCUT2D eigenvalue weighted by molar-refractivity contribution is -0.111. The van der Waals surface area contributed by atoms with Crippen molar-refractivity contribution in [1.82, 2.24) is 19.7 Å². The monoisotopic (exact) mass is 541 g/mol. The van der Waals surface area contributed by atoms with E-state index in [0.29, 0.717) is 22.8 Å². The van der Waals surface area contributed by atoms with Crippen LogP contribution in [0.5, 0.6) is 0 Å². The third kappa shape index (κ3) is 5.41. The molecule has 11 heteroatoms. The highest BCUT2D eigenvalue weighted by Gasteiger charge is 2.15. The average Bonchev–Trinajstić information content (AvgIpc) is 3.13. The van der Waals surface area contributed by atoms with Crippen molar-refractivity contribution in [1.29, 1.82) is 0 Å². The van der Waals surface area contributed by atoms with Gasteiger partial charge in [0.25, 0.3) is 0 Å². The van der Waals surface area contributed by atoms with E-state index in [1.807, 2.05) is 24.3 Å². The number of nitrogens with one attached hydrogen (secondary N) is 3. The number of rotatable bonds is 7. The zero-order chi connectivity index (χ0) is 24.2. The number of carbonyl (C=O) groups excluding carboxylic acids is 1. The summed E-state index contributed by atoms with van der Waals surface area (Å²) in [6, 6.07) is 11.7. The van der Waals surface area contributed by atoms with E-state index in [0.717, 1.165) is 16.1 Å². The summed E-state index contributed by atoms with van der Waals surface area (Å²) in [4.78, 5) is 20.6. The van der Waals surface area contributed by atoms with Gasteiger partial charge in [-0.25, -0.2) is 9.37 Å². The van der Waals surface area contributed by atoms with Gasteiger partial charge in [-0.3, -0.25) is 9.48 Å². The Labute approximate surface area is 208 Å². The van der Waals surface area contributed by atoms with E-state index in [4.69, 9.17) is 11.6 Å². The fourth-order valence-corrected chi connectivity index (χ4v) is 3.54. The van der Waals surface area contributed by atoms with Crippen molar-refractivity contribution in [2.45, 2.75) is 0 Å². The highest BCUT2D eigenvalue weighted by molar-refractivity contribution is 9.10. The smallest absolute Gasteiger partial charge is 0.247 e. The first kappa shape index (κ1) is 23.4. The van der Waals surface area contributed by atoms with Crippen LogP contribution in [0.2, 0.25) is 5.15 Å². The fraction of sp³-hybridized carbons (Fsp3) is 0.0435. The van der Waals surface area contributed by atoms with E-state index in [2.05, 4.69) is 53.5 Å². The summed E-state index contributed by atoms with van der Waals surface area (Å²) in [7, 11) is 1.74. The standard InChI is InChI=1S/C23H18BrClFN7O/c1-3-20(34)28-15-8-9-17(26)18(10-15)29-22-16(13-4-6-14(24)7-5-13)11-27-23(31-22)30-19-12-33(2)32-21(19)25/h3-12H,1H2,2H3,(H,28,34)(H2,27,29,30,31). The zero-order valence-corrected chi connectivity index (χ0v) is 20.2. The molecule has 0 aliphatic rings. The summed E-state index contributed by atoms with van der Waals surface area (Å²) in [5.41, 5.74) is 2.48. The van der Waals surface area contributed by atoms with Gasteiger partial charge >= 0.3 is 0 Å². The van der Waals surface area contributed by atoms with Crippen LogP contribution in [0, 0.1) is 5.82 Å². The van der Waals surface area contributed by atoms with E-state index in [9.17, 15) is 9.18 Å². The average molecular weight is 543 g/mol. The lowest BCUT2D eigenvalue weighted by atomic mass is 10.1. The molecule has 0 radical (unpaired) electrons. The Morgan fingerprint density at radius 2 is 1.94 bits per heavy atom. The van der Waals surface area contributed by atoms with Crippen LogP contribution in [0.1, 0.15) is 0 Å². The van der Waals surface area contributed by atoms with Gasteiger partial charge in [-0.2, -0.15) is 10.1 Å². The van der Waals surface area contributed by atoms with Gasteiger partial charge in [0.05, 0.1) is 11.4 Å². The molecule has 2 aromatic carbocycles. The van der Waals surface area contributed by atoms with Gasteiger partial charge in [0, 0.05) is 35.2 Å². The van der Waals surface area contributed by atoms with Crippen LogP contribution in [-0.2, 0) is 11.8 Å². The maximum absolute atomic E-state index is 14.7. The zero-order valence-electron chi connectivity index (χ0n) is 17.8. The molecule has 2 aromatic heterocycles. The van der Waals surface area contributed by atoms with Crippen LogP contribution in [0.4, 0.5) is 33.2 Å². The molecule has 0 unspecified atom stereocenters. The van der Waals surface area contributed by atoms with Crippen LogP contribution >= 0.6 is 27.5 Å². The van der Waals surface area contributed by atoms with E-state index in [1.165, 1.54) is 18.2 Å². The normalized spacial score (nSPS) is 10.6. The quantitative estimate of drug-likeness (QED) is 0.246. The maximum Gasteiger partial charge on any atom is 0.247 e. The Kier molecular flexibility index (Phi) is 6.90. The minimum Gasteiger partial charge on any atom is -0.337 e. The molecule has 1 amide bonds. The van der Waals surface area contributed by atoms with Crippen molar-refractivity contribution in [3.8, 4) is 11.1 Å². The third-order valence-corrected chi connectivity index (χ3v) is 5.45. The number of carbonyl (C=O) groups is 1. The molecule has 0 fully saturated rings. The SMILES string of the molecule is C=CC(=O)Nc1ccc(F)c(Nc2nc(Nc3cn(C)nc3Cl)ncc2-c2ccc(Br)cc2)c1. The number of halogens is 3. The van der Waals surface area contributed by atoms with E-state index in [-0.39, 0.29) is 16.8 Å². The molecule has 4 aromatic rings. The second-order valence-corrected chi connectivity index (χ2v) is 8.38. The van der Waals surface area contributed by atoms with Crippen molar-refractivity contribution in [3.63, 3.8) is 0 Å². The molecule has 2 heterocycles. The molecule has 0 aliphatic heterocycles. The van der Waals surface area contributed by atoms with Crippen LogP contribution in [-0.4, -0.2) is 25.7 Å². The minimum absolute atomic E-state index is 0.115. The van der Waals surface area contributed by atoms with Gasteiger partial charge in [0.1, 0.15) is 11.6 Å². The Morgan fingerprint density at radius 1 is 1.18 bits per heavy atom. The van der Waals surface area contributed by atoms with Gasteiger partial charge in [0.2, 0.25) is 11.9 Å². The summed E-state index contributed by atoms with van der Waals surface area (Å²) in [5, 5.41) is 13.0. The summed E-state index contributed by atoms with van der Waals surface area (Å²) in [6.45, 7) is 3.42. The summed E-state index contributed by atoms with van der Waals surface area (Å²) < 4.78 is 17.1. The molecule has 0 spiro atoms. The van der Waals surface area contributed by atoms with Crippen LogP contribution in [0.25, 0.3) is 11.1 Å². The Bertz CT molecular complexity index is 1370. The molecular formula is C23H18BrClFN7O. The topological polar surface area (TPSA) is 96.8 Å². The maximum atomic E-state index is 14.7. The molecule has 4 rings (SSSR count). The Hall–Kier alpha value is -3.76. The molecule has 0 saturated heterocycles. The number of benzene rings is 2. The Morgan fingerprint density at radius 3 is 2.62 bits per heavy atom. The minimum atomic E-state index is -0.526. The fourth-order valence-electron chi connectivity index (χ4n) is 3.06. The number of nitrogens with zero attached hydrogens (tertiary/aromatic N) is 4. The molecule has 0 bridgehead atoms. The molecule has 34 heavy (non-hydrogen) atoms. The van der Waals surface area contributed by atoms with Gasteiger partial charge in [-0.1, -0.05) is 46.2 Å². The molecule has 3 N–H and O–H groups in total. The summed E-state index contributed by atoms with van der Waals surface area (Å²) in [5.74, 6) is -0.363. The second-order valence-electron chi connectivity index (χ2n) is 7.11. The summed E-state index contributed by atoms with van der Waals surface area (Å²) in [6.07, 6.45) is 4.44. The molecule has 172 valence electrons. The number of aryl methyl sites for hydroxylation is 1. The van der Waals surface area contributed by atoms with Crippen LogP contribution in [0.3, 0.4) is 0 Å². The number of hydrogen-bond acceptors (Lipinski definition) is 6. The van der Waals surface area contributed by atoms with Crippen molar-refractivity contribution in [2.24, 2.45) is 7.05 Å². The number of aromatic nitrogens is 4. The molecule has 0 saturated carbocycles. The predicted octanol–water partition coefficient (Wildman–Crippen LogP) is 6.04. The third-order valence-electron chi connectivity index (χ3n) is 4.65. The highest BCUT2D eigenvalue weighted by Crippen LogP contribution is 2.32. The summed E-state index contributed by atoms with van der Waals surface area (Å²) >= 11 is 9.56. The van der Waals surface area contributed by atoms with E-state index >= 15 is 0 Å². The first-order valence-corrected chi connectivity index (χ1v) is 11.1. The van der Waals surface area contributed by atoms with E-state index < -0.39 is 11.7 Å². The van der Waals surface area contributed by atoms with Crippen molar-refractivity contribution in [3.05, 3.63) is 83.0 Å². The van der Waals surface area contributed by atoms with Gasteiger partial charge in [0.15, 0.2) is 5.15 Å². The van der Waals surface area contributed by atoms with Crippen LogP contribution in [0.15, 0.2) is 72.0 Å². The number of hydrogen-bond donors (Lipinski definition) is 3. The largest absolute Gasteiger partial charge is 0.337 e. The molecule has 0 atom stereocenters. The van der Waals surface area contributed by atoms with Gasteiger partial charge in [-0.15, -0.1) is 0 Å². The van der Waals surface area contributed by atoms with Crippen LogP contribution < -0.4 is 16.0 Å². The predicted molar refractivity (Wildman–Crippen MR) is 135 cm³/mol. The van der Waals surface area contributed by atoms with Gasteiger partial charge in [-0.05, 0) is 42.0 Å².